The van der Waals surface area contributed by atoms with E-state index in [1.807, 2.05) is 28.8 Å². The monoisotopic (exact) mass is 354 g/mol. The molecule has 25 heavy (non-hydrogen) atoms. The van der Waals surface area contributed by atoms with Crippen molar-refractivity contribution < 1.29 is 0 Å². The molecule has 0 bridgehead atoms. The van der Waals surface area contributed by atoms with Gasteiger partial charge in [-0.2, -0.15) is 4.52 Å². The van der Waals surface area contributed by atoms with Crippen molar-refractivity contribution in [3.63, 3.8) is 0 Å². The molecule has 6 nitrogen and oxygen atoms in total. The molecule has 128 valence electrons. The summed E-state index contributed by atoms with van der Waals surface area (Å²) in [5.41, 5.74) is 2.02. The molecule has 5 rings (SSSR count). The maximum Gasteiger partial charge on any atom is 0.178 e. The first-order valence-corrected chi connectivity index (χ1v) is 9.13. The van der Waals surface area contributed by atoms with Crippen molar-refractivity contribution in [2.24, 2.45) is 0 Å². The van der Waals surface area contributed by atoms with Crippen LogP contribution in [-0.2, 0) is 0 Å². The third-order valence-electron chi connectivity index (χ3n) is 4.99. The van der Waals surface area contributed by atoms with Gasteiger partial charge in [-0.05, 0) is 43.2 Å². The zero-order valence-electron chi connectivity index (χ0n) is 13.8. The molecule has 2 aromatic heterocycles. The molecule has 2 fully saturated rings. The van der Waals surface area contributed by atoms with Crippen molar-refractivity contribution in [1.29, 1.82) is 0 Å². The summed E-state index contributed by atoms with van der Waals surface area (Å²) in [5.74, 6) is 2.55. The second-order valence-electron chi connectivity index (χ2n) is 6.75. The lowest BCUT2D eigenvalue weighted by Gasteiger charge is -2.36. The average molecular weight is 355 g/mol. The minimum Gasteiger partial charge on any atom is -0.368 e. The van der Waals surface area contributed by atoms with Gasteiger partial charge in [-0.15, -0.1) is 15.3 Å². The Morgan fingerprint density at radius 1 is 0.920 bits per heavy atom. The lowest BCUT2D eigenvalue weighted by atomic mass is 10.2. The van der Waals surface area contributed by atoms with E-state index in [9.17, 15) is 0 Å². The molecule has 7 heteroatoms. The number of nitrogens with zero attached hydrogens (tertiary/aromatic N) is 6. The molecule has 0 unspecified atom stereocenters. The number of aromatic nitrogens is 4. The Hall–Kier alpha value is -2.34. The van der Waals surface area contributed by atoms with E-state index >= 15 is 0 Å². The molecular weight excluding hydrogens is 336 g/mol. The summed E-state index contributed by atoms with van der Waals surface area (Å²) in [5, 5.41) is 14.1. The van der Waals surface area contributed by atoms with Crippen LogP contribution in [0.1, 0.15) is 24.6 Å². The van der Waals surface area contributed by atoms with Crippen molar-refractivity contribution in [3.8, 4) is 0 Å². The Bertz CT molecular complexity index is 911. The van der Waals surface area contributed by atoms with Crippen molar-refractivity contribution in [3.05, 3.63) is 47.2 Å². The first-order valence-electron chi connectivity index (χ1n) is 8.76. The number of piperazine rings is 1. The van der Waals surface area contributed by atoms with Gasteiger partial charge in [0, 0.05) is 42.8 Å². The summed E-state index contributed by atoms with van der Waals surface area (Å²) in [6, 6.07) is 12.1. The second kappa shape index (κ2) is 5.88. The van der Waals surface area contributed by atoms with Gasteiger partial charge >= 0.3 is 0 Å². The van der Waals surface area contributed by atoms with Crippen LogP contribution in [-0.4, -0.2) is 46.0 Å². The van der Waals surface area contributed by atoms with Gasteiger partial charge in [-0.1, -0.05) is 17.7 Å². The van der Waals surface area contributed by atoms with E-state index in [-0.39, 0.29) is 0 Å². The van der Waals surface area contributed by atoms with Gasteiger partial charge in [0.2, 0.25) is 0 Å². The summed E-state index contributed by atoms with van der Waals surface area (Å²) >= 11 is 6.12. The molecule has 1 aromatic carbocycles. The fourth-order valence-corrected chi connectivity index (χ4v) is 3.61. The highest BCUT2D eigenvalue weighted by Gasteiger charge is 2.29. The summed E-state index contributed by atoms with van der Waals surface area (Å²) in [4.78, 5) is 4.70. The highest BCUT2D eigenvalue weighted by molar-refractivity contribution is 6.30. The SMILES string of the molecule is Clc1cccc(N2CCN(c3ccc4nnc(C5CC5)n4n3)CC2)c1. The minimum absolute atomic E-state index is 0.539. The van der Waals surface area contributed by atoms with Gasteiger partial charge in [-0.25, -0.2) is 0 Å². The Balaban J connectivity index is 1.35. The third kappa shape index (κ3) is 2.80. The molecule has 0 amide bonds. The number of rotatable bonds is 3. The molecular formula is C18H19ClN6. The highest BCUT2D eigenvalue weighted by Crippen LogP contribution is 2.38. The number of benzene rings is 1. The molecule has 0 spiro atoms. The van der Waals surface area contributed by atoms with Crippen molar-refractivity contribution >= 4 is 28.8 Å². The molecule has 2 aliphatic rings. The van der Waals surface area contributed by atoms with Gasteiger partial charge in [0.05, 0.1) is 0 Å². The smallest absolute Gasteiger partial charge is 0.178 e. The quantitative estimate of drug-likeness (QED) is 0.723. The highest BCUT2D eigenvalue weighted by atomic mass is 35.5. The first-order chi connectivity index (χ1) is 12.3. The maximum atomic E-state index is 6.12. The molecule has 0 N–H and O–H groups in total. The lowest BCUT2D eigenvalue weighted by Crippen LogP contribution is -2.47. The van der Waals surface area contributed by atoms with Crippen LogP contribution < -0.4 is 9.80 Å². The summed E-state index contributed by atoms with van der Waals surface area (Å²) in [6.45, 7) is 3.78. The Kier molecular flexibility index (Phi) is 3.52. The van der Waals surface area contributed by atoms with Gasteiger partial charge in [-0.3, -0.25) is 0 Å². The van der Waals surface area contributed by atoms with E-state index in [2.05, 4.69) is 32.1 Å². The Labute approximate surface area is 151 Å². The first kappa shape index (κ1) is 15.0. The number of halogens is 1. The Morgan fingerprint density at radius 3 is 2.48 bits per heavy atom. The average Bonchev–Trinajstić information content (AvgIpc) is 3.41. The van der Waals surface area contributed by atoms with Crippen LogP contribution in [0.25, 0.3) is 5.65 Å². The van der Waals surface area contributed by atoms with Gasteiger partial charge < -0.3 is 9.80 Å². The fourth-order valence-electron chi connectivity index (χ4n) is 3.43. The van der Waals surface area contributed by atoms with Gasteiger partial charge in [0.1, 0.15) is 5.82 Å². The molecule has 3 heterocycles. The normalized spacial score (nSPS) is 18.1. The third-order valence-corrected chi connectivity index (χ3v) is 5.23. The minimum atomic E-state index is 0.539. The van der Waals surface area contributed by atoms with Crippen LogP contribution in [0.5, 0.6) is 0 Å². The molecule has 0 radical (unpaired) electrons. The predicted octanol–water partition coefficient (Wildman–Crippen LogP) is 2.98. The lowest BCUT2D eigenvalue weighted by molar-refractivity contribution is 0.639. The summed E-state index contributed by atoms with van der Waals surface area (Å²) < 4.78 is 1.93. The Morgan fingerprint density at radius 2 is 1.72 bits per heavy atom. The standard InChI is InChI=1S/C18H19ClN6/c19-14-2-1-3-15(12-14)23-8-10-24(11-9-23)17-7-6-16-20-21-18(13-4-5-13)25(16)22-17/h1-3,6-7,12-13H,4-5,8-11H2. The molecule has 1 saturated heterocycles. The number of hydrogen-bond acceptors (Lipinski definition) is 5. The zero-order valence-corrected chi connectivity index (χ0v) is 14.6. The van der Waals surface area contributed by atoms with Crippen molar-refractivity contribution in [1.82, 2.24) is 19.8 Å². The predicted molar refractivity (Wildman–Crippen MR) is 98.6 cm³/mol. The van der Waals surface area contributed by atoms with E-state index in [1.54, 1.807) is 0 Å². The van der Waals surface area contributed by atoms with E-state index in [4.69, 9.17) is 16.7 Å². The topological polar surface area (TPSA) is 49.6 Å². The molecule has 1 saturated carbocycles. The van der Waals surface area contributed by atoms with Crippen LogP contribution in [0, 0.1) is 0 Å². The van der Waals surface area contributed by atoms with Crippen molar-refractivity contribution in [2.75, 3.05) is 36.0 Å². The summed E-state index contributed by atoms with van der Waals surface area (Å²) in [6.07, 6.45) is 2.40. The second-order valence-corrected chi connectivity index (χ2v) is 7.18. The van der Waals surface area contributed by atoms with E-state index in [1.165, 1.54) is 18.5 Å². The van der Waals surface area contributed by atoms with Crippen LogP contribution in [0.3, 0.4) is 0 Å². The van der Waals surface area contributed by atoms with Crippen molar-refractivity contribution in [2.45, 2.75) is 18.8 Å². The fraction of sp³-hybridized carbons (Fsp3) is 0.389. The maximum absolute atomic E-state index is 6.12. The van der Waals surface area contributed by atoms with Gasteiger partial charge in [0.15, 0.2) is 11.5 Å². The van der Waals surface area contributed by atoms with Crippen LogP contribution in [0.15, 0.2) is 36.4 Å². The van der Waals surface area contributed by atoms with Crippen LogP contribution in [0.2, 0.25) is 5.02 Å². The van der Waals surface area contributed by atoms with E-state index < -0.39 is 0 Å². The summed E-state index contributed by atoms with van der Waals surface area (Å²) in [7, 11) is 0. The van der Waals surface area contributed by atoms with Crippen LogP contribution >= 0.6 is 11.6 Å². The molecule has 3 aromatic rings. The van der Waals surface area contributed by atoms with Gasteiger partial charge in [0.25, 0.3) is 0 Å². The zero-order chi connectivity index (χ0) is 16.8. The van der Waals surface area contributed by atoms with Crippen LogP contribution in [0.4, 0.5) is 11.5 Å². The number of fused-ring (bicyclic) bond motifs is 1. The molecule has 0 atom stereocenters. The molecule has 1 aliphatic heterocycles. The van der Waals surface area contributed by atoms with E-state index in [0.29, 0.717) is 5.92 Å². The number of anilines is 2. The largest absolute Gasteiger partial charge is 0.368 e. The number of hydrogen-bond donors (Lipinski definition) is 0. The molecule has 1 aliphatic carbocycles. The van der Waals surface area contributed by atoms with E-state index in [0.717, 1.165) is 48.5 Å².